The number of fused-ring (bicyclic) bond motifs is 5. The van der Waals surface area contributed by atoms with Gasteiger partial charge in [-0.2, -0.15) is 0 Å². The third-order valence-corrected chi connectivity index (χ3v) is 8.38. The minimum atomic E-state index is -0.661. The van der Waals surface area contributed by atoms with Crippen LogP contribution in [0.25, 0.3) is 0 Å². The summed E-state index contributed by atoms with van der Waals surface area (Å²) in [7, 11) is 0. The van der Waals surface area contributed by atoms with Gasteiger partial charge in [0.05, 0.1) is 5.60 Å². The summed E-state index contributed by atoms with van der Waals surface area (Å²) >= 11 is 0. The first-order valence-corrected chi connectivity index (χ1v) is 9.09. The molecule has 6 atom stereocenters. The van der Waals surface area contributed by atoms with E-state index in [0.29, 0.717) is 42.7 Å². The van der Waals surface area contributed by atoms with Gasteiger partial charge in [-0.1, -0.05) is 13.8 Å². The Bertz CT molecular complexity index is 541. The number of Topliss-reactive ketones (excluding diaryl/α,β-unsaturated/α-hetero) is 2. The molecule has 122 valence electrons. The van der Waals surface area contributed by atoms with E-state index in [1.54, 1.807) is 0 Å². The smallest absolute Gasteiger partial charge is 0.139 e. The fraction of sp³-hybridized carbons (Fsp3) is 0.895. The van der Waals surface area contributed by atoms with E-state index >= 15 is 0 Å². The molecule has 0 aromatic rings. The number of ketones is 2. The lowest BCUT2D eigenvalue weighted by Gasteiger charge is -2.64. The molecule has 3 nitrogen and oxygen atoms in total. The van der Waals surface area contributed by atoms with Gasteiger partial charge in [-0.3, -0.25) is 9.59 Å². The Kier molecular flexibility index (Phi) is 3.00. The van der Waals surface area contributed by atoms with Crippen molar-refractivity contribution in [2.75, 3.05) is 0 Å². The minimum absolute atomic E-state index is 0.128. The molecule has 4 aliphatic rings. The van der Waals surface area contributed by atoms with Gasteiger partial charge in [0.15, 0.2) is 0 Å². The Morgan fingerprint density at radius 2 is 1.73 bits per heavy atom. The molecule has 4 saturated carbocycles. The SMILES string of the molecule is C[C@]12CCC(=O)C[C@H]1CC[C@H]1[C@@H]3CCC(=O)[C@@]3(C)CC[C@@]12O. The molecular formula is C19H28O3. The highest BCUT2D eigenvalue weighted by atomic mass is 16.3. The summed E-state index contributed by atoms with van der Waals surface area (Å²) in [6.07, 6.45) is 7.41. The van der Waals surface area contributed by atoms with Crippen LogP contribution >= 0.6 is 0 Å². The molecule has 0 aromatic heterocycles. The van der Waals surface area contributed by atoms with Gasteiger partial charge in [-0.05, 0) is 56.3 Å². The molecule has 0 radical (unpaired) electrons. The van der Waals surface area contributed by atoms with Crippen LogP contribution in [-0.4, -0.2) is 22.3 Å². The predicted molar refractivity (Wildman–Crippen MR) is 83.2 cm³/mol. The van der Waals surface area contributed by atoms with E-state index < -0.39 is 5.60 Å². The number of carbonyl (C=O) groups is 2. The van der Waals surface area contributed by atoms with Gasteiger partial charge in [0.25, 0.3) is 0 Å². The van der Waals surface area contributed by atoms with E-state index in [1.165, 1.54) is 0 Å². The standard InChI is InChI=1S/C19H28O3/c1-17-9-10-19(22)15(14(17)5-6-16(17)21)4-3-12-11-13(20)7-8-18(12,19)2/h12,14-15,22H,3-11H2,1-2H3/t12-,14+,15+,17+,18+,19-/m1/s1. The first-order chi connectivity index (χ1) is 10.3. The van der Waals surface area contributed by atoms with Crippen LogP contribution in [0.2, 0.25) is 0 Å². The van der Waals surface area contributed by atoms with Crippen molar-refractivity contribution < 1.29 is 14.7 Å². The zero-order valence-corrected chi connectivity index (χ0v) is 13.9. The van der Waals surface area contributed by atoms with Crippen molar-refractivity contribution in [2.45, 2.75) is 77.2 Å². The van der Waals surface area contributed by atoms with Crippen molar-refractivity contribution in [3.8, 4) is 0 Å². The monoisotopic (exact) mass is 304 g/mol. The molecule has 4 fully saturated rings. The summed E-state index contributed by atoms with van der Waals surface area (Å²) in [5.74, 6) is 1.75. The largest absolute Gasteiger partial charge is 0.389 e. The molecule has 0 aliphatic heterocycles. The Labute approximate surface area is 132 Å². The van der Waals surface area contributed by atoms with E-state index in [2.05, 4.69) is 13.8 Å². The van der Waals surface area contributed by atoms with Crippen molar-refractivity contribution in [1.82, 2.24) is 0 Å². The van der Waals surface area contributed by atoms with Crippen molar-refractivity contribution in [2.24, 2.45) is 28.6 Å². The highest BCUT2D eigenvalue weighted by molar-refractivity contribution is 5.87. The summed E-state index contributed by atoms with van der Waals surface area (Å²) in [6, 6.07) is 0. The van der Waals surface area contributed by atoms with E-state index in [1.807, 2.05) is 0 Å². The zero-order chi connectivity index (χ0) is 15.8. The van der Waals surface area contributed by atoms with Crippen LogP contribution in [0.1, 0.15) is 71.6 Å². The van der Waals surface area contributed by atoms with Crippen molar-refractivity contribution in [1.29, 1.82) is 0 Å². The maximum Gasteiger partial charge on any atom is 0.139 e. The Morgan fingerprint density at radius 3 is 2.50 bits per heavy atom. The number of rotatable bonds is 0. The molecule has 1 N–H and O–H groups in total. The maximum absolute atomic E-state index is 12.4. The number of hydrogen-bond donors (Lipinski definition) is 1. The van der Waals surface area contributed by atoms with Crippen molar-refractivity contribution in [3.63, 3.8) is 0 Å². The van der Waals surface area contributed by atoms with Gasteiger partial charge in [0.2, 0.25) is 0 Å². The molecule has 4 rings (SSSR count). The molecule has 0 spiro atoms. The van der Waals surface area contributed by atoms with Crippen molar-refractivity contribution in [3.05, 3.63) is 0 Å². The molecule has 0 aromatic carbocycles. The first-order valence-electron chi connectivity index (χ1n) is 9.09. The second kappa shape index (κ2) is 4.43. The van der Waals surface area contributed by atoms with Crippen LogP contribution in [0.5, 0.6) is 0 Å². The van der Waals surface area contributed by atoms with E-state index in [4.69, 9.17) is 0 Å². The lowest BCUT2D eigenvalue weighted by molar-refractivity contribution is -0.228. The Hall–Kier alpha value is -0.700. The molecule has 3 heteroatoms. The topological polar surface area (TPSA) is 54.4 Å². The Balaban J connectivity index is 1.72. The number of carbonyl (C=O) groups excluding carboxylic acids is 2. The van der Waals surface area contributed by atoms with Gasteiger partial charge >= 0.3 is 0 Å². The maximum atomic E-state index is 12.4. The average Bonchev–Trinajstić information content (AvgIpc) is 2.77. The molecule has 0 unspecified atom stereocenters. The van der Waals surface area contributed by atoms with E-state index in [0.717, 1.165) is 38.5 Å². The fourth-order valence-electron chi connectivity index (χ4n) is 6.76. The summed E-state index contributed by atoms with van der Waals surface area (Å²) in [4.78, 5) is 24.3. The highest BCUT2D eigenvalue weighted by Gasteiger charge is 2.66. The zero-order valence-electron chi connectivity index (χ0n) is 13.9. The van der Waals surface area contributed by atoms with Crippen LogP contribution in [0.15, 0.2) is 0 Å². The molecule has 0 saturated heterocycles. The van der Waals surface area contributed by atoms with Gasteiger partial charge in [-0.25, -0.2) is 0 Å². The predicted octanol–water partition coefficient (Wildman–Crippen LogP) is 3.28. The third-order valence-electron chi connectivity index (χ3n) is 8.38. The summed E-state index contributed by atoms with van der Waals surface area (Å²) < 4.78 is 0. The summed E-state index contributed by atoms with van der Waals surface area (Å²) in [6.45, 7) is 4.38. The van der Waals surface area contributed by atoms with Gasteiger partial charge in [0.1, 0.15) is 11.6 Å². The molecule has 4 aliphatic carbocycles. The normalized spacial score (nSPS) is 54.6. The molecule has 22 heavy (non-hydrogen) atoms. The Morgan fingerprint density at radius 1 is 0.955 bits per heavy atom. The lowest BCUT2D eigenvalue weighted by atomic mass is 9.43. The molecule has 0 amide bonds. The van der Waals surface area contributed by atoms with Gasteiger partial charge in [-0.15, -0.1) is 0 Å². The number of aliphatic hydroxyl groups is 1. The van der Waals surface area contributed by atoms with Gasteiger partial charge in [0, 0.05) is 30.1 Å². The van der Waals surface area contributed by atoms with Crippen LogP contribution in [-0.2, 0) is 9.59 Å². The van der Waals surface area contributed by atoms with Crippen molar-refractivity contribution >= 4 is 11.6 Å². The van der Waals surface area contributed by atoms with Crippen LogP contribution in [0.4, 0.5) is 0 Å². The first kappa shape index (κ1) is 14.9. The molecular weight excluding hydrogens is 276 g/mol. The van der Waals surface area contributed by atoms with Crippen LogP contribution in [0, 0.1) is 28.6 Å². The highest BCUT2D eigenvalue weighted by Crippen LogP contribution is 2.66. The summed E-state index contributed by atoms with van der Waals surface area (Å²) in [5, 5.41) is 11.8. The third kappa shape index (κ3) is 1.61. The van der Waals surface area contributed by atoms with Gasteiger partial charge < -0.3 is 5.11 Å². The number of hydrogen-bond acceptors (Lipinski definition) is 3. The quantitative estimate of drug-likeness (QED) is 0.747. The van der Waals surface area contributed by atoms with Crippen LogP contribution in [0.3, 0.4) is 0 Å². The fourth-order valence-corrected chi connectivity index (χ4v) is 6.76. The van der Waals surface area contributed by atoms with E-state index in [9.17, 15) is 14.7 Å². The lowest BCUT2D eigenvalue weighted by Crippen LogP contribution is -2.65. The second-order valence-corrected chi connectivity index (χ2v) is 8.95. The minimum Gasteiger partial charge on any atom is -0.389 e. The average molecular weight is 304 g/mol. The second-order valence-electron chi connectivity index (χ2n) is 8.95. The van der Waals surface area contributed by atoms with E-state index in [-0.39, 0.29) is 16.7 Å². The van der Waals surface area contributed by atoms with Crippen LogP contribution < -0.4 is 0 Å². The molecule has 0 bridgehead atoms. The molecule has 0 heterocycles. The summed E-state index contributed by atoms with van der Waals surface area (Å²) in [5.41, 5.74) is -0.979.